The van der Waals surface area contributed by atoms with Crippen LogP contribution < -0.4 is 10.1 Å². The van der Waals surface area contributed by atoms with E-state index in [1.165, 1.54) is 0 Å². The largest absolute Gasteiger partial charge is 0.488 e. The van der Waals surface area contributed by atoms with E-state index in [2.05, 4.69) is 12.2 Å². The first-order valence-electron chi connectivity index (χ1n) is 9.57. The number of ether oxygens (including phenoxy) is 2. The molecule has 28 heavy (non-hydrogen) atoms. The zero-order valence-corrected chi connectivity index (χ0v) is 16.2. The maximum absolute atomic E-state index is 12.6. The Kier molecular flexibility index (Phi) is 6.48. The number of carbonyl (C=O) groups is 2. The molecule has 1 N–H and O–H groups in total. The number of nitrogens with one attached hydrogen (secondary N) is 1. The Morgan fingerprint density at radius 2 is 1.82 bits per heavy atom. The van der Waals surface area contributed by atoms with E-state index in [4.69, 9.17) is 9.47 Å². The van der Waals surface area contributed by atoms with Gasteiger partial charge in [-0.3, -0.25) is 4.79 Å². The molecule has 0 unspecified atom stereocenters. The monoisotopic (exact) mass is 379 g/mol. The topological polar surface area (TPSA) is 64.6 Å². The highest BCUT2D eigenvalue weighted by Crippen LogP contribution is 2.26. The van der Waals surface area contributed by atoms with Crippen molar-refractivity contribution in [2.75, 3.05) is 6.61 Å². The molecule has 5 heteroatoms. The number of carbonyl (C=O) groups excluding carboxylic acids is 2. The standard InChI is InChI=1S/C23H25NO4/c1-3-9-20(17-10-5-4-6-11-17)24-22(25)16(2)28-23(26)19-14-18-12-7-8-13-21(18)27-15-19/h4-8,10-14,16,20H,3,9,15H2,1-2H3,(H,24,25)/t16-,20-/m0/s1. The Balaban J connectivity index is 1.62. The van der Waals surface area contributed by atoms with Crippen LogP contribution in [0.3, 0.4) is 0 Å². The van der Waals surface area contributed by atoms with Gasteiger partial charge in [-0.05, 0) is 31.1 Å². The van der Waals surface area contributed by atoms with Crippen LogP contribution in [-0.2, 0) is 14.3 Å². The van der Waals surface area contributed by atoms with Gasteiger partial charge in [0, 0.05) is 5.56 Å². The van der Waals surface area contributed by atoms with Crippen LogP contribution in [0.2, 0.25) is 0 Å². The fourth-order valence-electron chi connectivity index (χ4n) is 3.11. The van der Waals surface area contributed by atoms with Crippen molar-refractivity contribution in [1.82, 2.24) is 5.32 Å². The Labute approximate surface area is 165 Å². The number of fused-ring (bicyclic) bond motifs is 1. The summed E-state index contributed by atoms with van der Waals surface area (Å²) in [5.41, 5.74) is 2.26. The first kappa shape index (κ1) is 19.7. The van der Waals surface area contributed by atoms with Crippen molar-refractivity contribution in [3.05, 3.63) is 71.3 Å². The molecule has 0 radical (unpaired) electrons. The van der Waals surface area contributed by atoms with Crippen LogP contribution in [0, 0.1) is 0 Å². The molecule has 0 bridgehead atoms. The van der Waals surface area contributed by atoms with E-state index in [-0.39, 0.29) is 18.6 Å². The highest BCUT2D eigenvalue weighted by atomic mass is 16.6. The zero-order valence-electron chi connectivity index (χ0n) is 16.2. The van der Waals surface area contributed by atoms with Gasteiger partial charge in [-0.25, -0.2) is 4.79 Å². The maximum atomic E-state index is 12.6. The summed E-state index contributed by atoms with van der Waals surface area (Å²) in [6, 6.07) is 17.2. The van der Waals surface area contributed by atoms with E-state index in [9.17, 15) is 9.59 Å². The van der Waals surface area contributed by atoms with Crippen molar-refractivity contribution in [3.63, 3.8) is 0 Å². The van der Waals surface area contributed by atoms with E-state index in [0.29, 0.717) is 5.57 Å². The minimum atomic E-state index is -0.895. The van der Waals surface area contributed by atoms with E-state index in [1.54, 1.807) is 13.0 Å². The molecule has 3 rings (SSSR count). The second-order valence-electron chi connectivity index (χ2n) is 6.80. The molecule has 1 heterocycles. The molecule has 0 spiro atoms. The van der Waals surface area contributed by atoms with E-state index >= 15 is 0 Å². The van der Waals surface area contributed by atoms with Gasteiger partial charge in [-0.2, -0.15) is 0 Å². The summed E-state index contributed by atoms with van der Waals surface area (Å²) in [7, 11) is 0. The molecule has 0 saturated carbocycles. The van der Waals surface area contributed by atoms with Gasteiger partial charge in [-0.1, -0.05) is 61.9 Å². The van der Waals surface area contributed by atoms with Crippen LogP contribution in [0.5, 0.6) is 5.75 Å². The van der Waals surface area contributed by atoms with Crippen LogP contribution in [0.15, 0.2) is 60.2 Å². The summed E-state index contributed by atoms with van der Waals surface area (Å²) in [6.45, 7) is 3.78. The maximum Gasteiger partial charge on any atom is 0.338 e. The van der Waals surface area contributed by atoms with Crippen LogP contribution in [0.1, 0.15) is 43.9 Å². The van der Waals surface area contributed by atoms with Crippen molar-refractivity contribution in [3.8, 4) is 5.75 Å². The number of amides is 1. The average Bonchev–Trinajstić information content (AvgIpc) is 2.73. The Morgan fingerprint density at radius 1 is 1.11 bits per heavy atom. The SMILES string of the molecule is CCC[C@H](NC(=O)[C@H](C)OC(=O)C1=Cc2ccccc2OC1)c1ccccc1. The highest BCUT2D eigenvalue weighted by molar-refractivity contribution is 5.96. The Hall–Kier alpha value is -3.08. The smallest absolute Gasteiger partial charge is 0.338 e. The molecule has 1 aliphatic rings. The van der Waals surface area contributed by atoms with Crippen LogP contribution in [-0.4, -0.2) is 24.6 Å². The Bertz CT molecular complexity index is 860. The van der Waals surface area contributed by atoms with Gasteiger partial charge in [0.05, 0.1) is 11.6 Å². The lowest BCUT2D eigenvalue weighted by Gasteiger charge is -2.22. The first-order valence-corrected chi connectivity index (χ1v) is 9.57. The lowest BCUT2D eigenvalue weighted by Crippen LogP contribution is -2.38. The summed E-state index contributed by atoms with van der Waals surface area (Å²) in [6.07, 6.45) is 2.59. The second-order valence-corrected chi connectivity index (χ2v) is 6.80. The van der Waals surface area contributed by atoms with Gasteiger partial charge in [0.15, 0.2) is 6.10 Å². The van der Waals surface area contributed by atoms with E-state index < -0.39 is 12.1 Å². The molecule has 0 aromatic heterocycles. The fraction of sp³-hybridized carbons (Fsp3) is 0.304. The molecule has 0 aliphatic carbocycles. The highest BCUT2D eigenvalue weighted by Gasteiger charge is 2.25. The van der Waals surface area contributed by atoms with Crippen LogP contribution in [0.4, 0.5) is 0 Å². The van der Waals surface area contributed by atoms with Crippen LogP contribution >= 0.6 is 0 Å². The molecule has 2 atom stereocenters. The molecule has 1 amide bonds. The molecule has 0 saturated heterocycles. The van der Waals surface area contributed by atoms with Crippen molar-refractivity contribution < 1.29 is 19.1 Å². The van der Waals surface area contributed by atoms with E-state index in [0.717, 1.165) is 29.7 Å². The fourth-order valence-corrected chi connectivity index (χ4v) is 3.11. The number of hydrogen-bond donors (Lipinski definition) is 1. The second kappa shape index (κ2) is 9.22. The molecule has 146 valence electrons. The molecule has 2 aromatic carbocycles. The van der Waals surface area contributed by atoms with Gasteiger partial charge in [0.1, 0.15) is 12.4 Å². The predicted molar refractivity (Wildman–Crippen MR) is 108 cm³/mol. The number of benzene rings is 2. The Morgan fingerprint density at radius 3 is 2.57 bits per heavy atom. The lowest BCUT2D eigenvalue weighted by molar-refractivity contribution is -0.151. The van der Waals surface area contributed by atoms with Gasteiger partial charge < -0.3 is 14.8 Å². The summed E-state index contributed by atoms with van der Waals surface area (Å²) >= 11 is 0. The number of para-hydroxylation sites is 1. The zero-order chi connectivity index (χ0) is 19.9. The molecule has 0 fully saturated rings. The van der Waals surface area contributed by atoms with Gasteiger partial charge in [0.25, 0.3) is 5.91 Å². The summed E-state index contributed by atoms with van der Waals surface area (Å²) < 4.78 is 11.0. The van der Waals surface area contributed by atoms with Gasteiger partial charge in [0.2, 0.25) is 0 Å². The van der Waals surface area contributed by atoms with Gasteiger partial charge in [-0.15, -0.1) is 0 Å². The summed E-state index contributed by atoms with van der Waals surface area (Å²) in [5.74, 6) is -0.118. The quantitative estimate of drug-likeness (QED) is 0.737. The molecular weight excluding hydrogens is 354 g/mol. The van der Waals surface area contributed by atoms with Crippen LogP contribution in [0.25, 0.3) is 6.08 Å². The van der Waals surface area contributed by atoms with Crippen molar-refractivity contribution >= 4 is 18.0 Å². The minimum absolute atomic E-state index is 0.107. The van der Waals surface area contributed by atoms with Crippen molar-refractivity contribution in [1.29, 1.82) is 0 Å². The number of esters is 1. The summed E-state index contributed by atoms with van der Waals surface area (Å²) in [4.78, 5) is 25.0. The third-order valence-electron chi connectivity index (χ3n) is 4.64. The number of hydrogen-bond acceptors (Lipinski definition) is 4. The third kappa shape index (κ3) is 4.80. The molecule has 2 aromatic rings. The number of rotatable bonds is 7. The predicted octanol–water partition coefficient (Wildman–Crippen LogP) is 4.05. The van der Waals surface area contributed by atoms with Crippen molar-refractivity contribution in [2.45, 2.75) is 38.8 Å². The minimum Gasteiger partial charge on any atom is -0.488 e. The lowest BCUT2D eigenvalue weighted by atomic mass is 10.0. The molecular formula is C23H25NO4. The van der Waals surface area contributed by atoms with E-state index in [1.807, 2.05) is 54.6 Å². The average molecular weight is 379 g/mol. The summed E-state index contributed by atoms with van der Waals surface area (Å²) in [5, 5.41) is 2.99. The third-order valence-corrected chi connectivity index (χ3v) is 4.64. The van der Waals surface area contributed by atoms with Gasteiger partial charge >= 0.3 is 5.97 Å². The molecule has 1 aliphatic heterocycles. The first-order chi connectivity index (χ1) is 13.6. The molecule has 5 nitrogen and oxygen atoms in total. The van der Waals surface area contributed by atoms with Crippen molar-refractivity contribution in [2.24, 2.45) is 0 Å². The normalized spacial score (nSPS) is 14.7.